The van der Waals surface area contributed by atoms with Crippen molar-refractivity contribution in [2.24, 2.45) is 0 Å². The van der Waals surface area contributed by atoms with E-state index in [1.807, 2.05) is 0 Å². The van der Waals surface area contributed by atoms with E-state index < -0.39 is 56.5 Å². The van der Waals surface area contributed by atoms with Crippen LogP contribution in [0.15, 0.2) is 12.1 Å². The van der Waals surface area contributed by atoms with Crippen LogP contribution >= 0.6 is 0 Å². The van der Waals surface area contributed by atoms with Crippen LogP contribution in [-0.2, 0) is 4.28 Å². The Kier molecular flexibility index (Phi) is 12.2. The van der Waals surface area contributed by atoms with Crippen LogP contribution in [0, 0.1) is 6.07 Å². The van der Waals surface area contributed by atoms with Gasteiger partial charge in [0.15, 0.2) is 0 Å². The minimum absolute atomic E-state index is 0. The number of hydrogen-bond donors (Lipinski definition) is 0. The molecule has 0 unspecified atom stereocenters. The van der Waals surface area contributed by atoms with Crippen molar-refractivity contribution in [3.05, 3.63) is 34.9 Å². The topological polar surface area (TPSA) is 0 Å². The molecule has 0 aromatic heterocycles. The molecule has 0 atom stereocenters. The second-order valence-corrected chi connectivity index (χ2v) is 59.3. The van der Waals surface area contributed by atoms with Gasteiger partial charge in [-0.3, -0.25) is 0 Å². The molecular formula is C30H67LiSi7. The molecule has 0 aliphatic carbocycles. The number of benzene rings is 1. The van der Waals surface area contributed by atoms with E-state index in [1.54, 1.807) is 16.7 Å². The van der Waals surface area contributed by atoms with Crippen molar-refractivity contribution < 1.29 is 18.9 Å². The first-order valence-corrected chi connectivity index (χ1v) is 39.7. The summed E-state index contributed by atoms with van der Waals surface area (Å²) >= 11 is 0. The normalized spacial score (nSPS) is 15.2. The van der Waals surface area contributed by atoms with Gasteiger partial charge in [0.2, 0.25) is 0 Å². The van der Waals surface area contributed by atoms with Gasteiger partial charge in [-0.2, -0.15) is 34.9 Å². The van der Waals surface area contributed by atoms with Crippen molar-refractivity contribution in [1.29, 1.82) is 0 Å². The quantitative estimate of drug-likeness (QED) is 0.181. The van der Waals surface area contributed by atoms with Gasteiger partial charge in [0.25, 0.3) is 0 Å². The van der Waals surface area contributed by atoms with Crippen LogP contribution in [0.2, 0.25) is 137 Å². The molecule has 0 heterocycles. The predicted octanol–water partition coefficient (Wildman–Crippen LogP) is 8.04. The molecule has 0 amide bonds. The molecule has 0 N–H and O–H groups in total. The van der Waals surface area contributed by atoms with Crippen LogP contribution in [0.25, 0.3) is 0 Å². The van der Waals surface area contributed by atoms with Crippen molar-refractivity contribution in [3.63, 3.8) is 0 Å². The minimum Gasteiger partial charge on any atom is -0.178 e. The van der Waals surface area contributed by atoms with Gasteiger partial charge in [-0.15, -0.1) is 0 Å². The fourth-order valence-electron chi connectivity index (χ4n) is 10.3. The second kappa shape index (κ2) is 11.8. The Morgan fingerprint density at radius 1 is 0.474 bits per heavy atom. The summed E-state index contributed by atoms with van der Waals surface area (Å²) < 4.78 is 0.380. The zero-order chi connectivity index (χ0) is 30.0. The van der Waals surface area contributed by atoms with Gasteiger partial charge in [0.05, 0.1) is 0 Å². The molecule has 0 aliphatic heterocycles. The van der Waals surface area contributed by atoms with Crippen molar-refractivity contribution in [2.75, 3.05) is 0 Å². The van der Waals surface area contributed by atoms with E-state index in [-0.39, 0.29) is 18.9 Å². The summed E-state index contributed by atoms with van der Waals surface area (Å²) in [4.78, 5) is 0. The van der Waals surface area contributed by atoms with Gasteiger partial charge in [-0.1, -0.05) is 137 Å². The van der Waals surface area contributed by atoms with E-state index in [0.29, 0.717) is 4.28 Å². The van der Waals surface area contributed by atoms with Crippen LogP contribution in [0.1, 0.15) is 27.0 Å². The van der Waals surface area contributed by atoms with E-state index in [1.165, 1.54) is 0 Å². The summed E-state index contributed by atoms with van der Waals surface area (Å²) in [5.41, 5.74) is 5.04. The summed E-state index contributed by atoms with van der Waals surface area (Å²) in [7, 11) is -10.6. The molecule has 0 nitrogen and oxygen atoms in total. The molecule has 0 bridgehead atoms. The first-order chi connectivity index (χ1) is 15.8. The smallest absolute Gasteiger partial charge is 0.178 e. The molecule has 216 valence electrons. The Bertz CT molecular complexity index is 824. The van der Waals surface area contributed by atoms with E-state index >= 15 is 0 Å². The molecular weight excluding hydrogens is 564 g/mol. The summed E-state index contributed by atoms with van der Waals surface area (Å²) in [6, 6.07) is 9.96. The molecule has 0 spiro atoms. The molecule has 1 rings (SSSR count). The number of hydrogen-bond acceptors (Lipinski definition) is 0. The molecule has 8 heteroatoms. The molecule has 0 aliphatic rings. The molecule has 1 aromatic rings. The maximum Gasteiger partial charge on any atom is 1.00 e. The summed E-state index contributed by atoms with van der Waals surface area (Å²) in [5.74, 6) is 0. The van der Waals surface area contributed by atoms with Gasteiger partial charge >= 0.3 is 18.9 Å². The third-order valence-corrected chi connectivity index (χ3v) is 48.5. The zero-order valence-corrected chi connectivity index (χ0v) is 37.3. The van der Waals surface area contributed by atoms with Crippen molar-refractivity contribution in [3.8, 4) is 0 Å². The average molecular weight is 631 g/mol. The Labute approximate surface area is 260 Å². The van der Waals surface area contributed by atoms with Gasteiger partial charge in [-0.25, -0.2) is 0 Å². The predicted molar refractivity (Wildman–Crippen MR) is 196 cm³/mol. The van der Waals surface area contributed by atoms with Crippen molar-refractivity contribution in [2.45, 2.75) is 152 Å². The Balaban J connectivity index is 0.0000137. The molecule has 1 aromatic carbocycles. The SMILES string of the molecule is C[Si](C)(C)C(c1[c-]c(C([Si](C)(C)C)([Si](C)(C)C)[Si](C)(C)C)cc(C([Si](C)(C)C)[Si](C)(C)C)c1)[Si](C)(C)C.[Li+]. The van der Waals surface area contributed by atoms with Gasteiger partial charge in [0.1, 0.15) is 0 Å². The molecule has 38 heavy (non-hydrogen) atoms. The fraction of sp³-hybridized carbons (Fsp3) is 0.800. The summed E-state index contributed by atoms with van der Waals surface area (Å²) in [6.45, 7) is 56.0. The van der Waals surface area contributed by atoms with Gasteiger partial charge < -0.3 is 0 Å². The van der Waals surface area contributed by atoms with Crippen LogP contribution in [-0.4, -0.2) is 56.5 Å². The molecule has 0 fully saturated rings. The maximum absolute atomic E-state index is 4.42. The third-order valence-electron chi connectivity index (χ3n) is 8.80. The van der Waals surface area contributed by atoms with E-state index in [0.717, 1.165) is 10.3 Å². The summed E-state index contributed by atoms with van der Waals surface area (Å²) in [5, 5.41) is 1.52. The van der Waals surface area contributed by atoms with Gasteiger partial charge in [-0.05, 0) is 14.6 Å². The third kappa shape index (κ3) is 8.03. The second-order valence-electron chi connectivity index (χ2n) is 19.6. The molecule has 0 saturated carbocycles. The monoisotopic (exact) mass is 630 g/mol. The standard InChI is InChI=1S/C30H67Si7.Li/c1-31(2,3)28(32(4,5)6)25-22-26(29(33(7,8)9)34(10,11)12)24-27(23-25)30(35(13,14)15,36(16,17)18)37(19,20)21;/h22-23,28-29H,1-21H3;/q-1;+1. The van der Waals surface area contributed by atoms with Crippen molar-refractivity contribution >= 4 is 56.5 Å². The van der Waals surface area contributed by atoms with Crippen molar-refractivity contribution in [1.82, 2.24) is 0 Å². The first-order valence-electron chi connectivity index (χ1n) is 14.9. The van der Waals surface area contributed by atoms with Crippen LogP contribution in [0.5, 0.6) is 0 Å². The van der Waals surface area contributed by atoms with E-state index in [2.05, 4.69) is 156 Å². The van der Waals surface area contributed by atoms with Crippen LogP contribution < -0.4 is 18.9 Å². The fourth-order valence-corrected chi connectivity index (χ4v) is 65.4. The largest absolute Gasteiger partial charge is 1.00 e. The molecule has 0 saturated heterocycles. The van der Waals surface area contributed by atoms with E-state index in [4.69, 9.17) is 0 Å². The van der Waals surface area contributed by atoms with Gasteiger partial charge in [0, 0.05) is 56.5 Å². The Morgan fingerprint density at radius 2 is 0.763 bits per heavy atom. The first kappa shape index (κ1) is 39.3. The number of rotatable bonds is 10. The maximum atomic E-state index is 4.42. The zero-order valence-electron chi connectivity index (χ0n) is 30.3. The van der Waals surface area contributed by atoms with Crippen LogP contribution in [0.4, 0.5) is 0 Å². The Hall–Kier alpha value is 1.34. The Morgan fingerprint density at radius 3 is 1.00 bits per heavy atom. The van der Waals surface area contributed by atoms with Crippen LogP contribution in [0.3, 0.4) is 0 Å². The minimum atomic E-state index is -1.61. The molecule has 0 radical (unpaired) electrons. The van der Waals surface area contributed by atoms with E-state index in [9.17, 15) is 0 Å². The average Bonchev–Trinajstić information content (AvgIpc) is 2.43. The summed E-state index contributed by atoms with van der Waals surface area (Å²) in [6.07, 6.45) is 0.